The first-order valence-electron chi connectivity index (χ1n) is 5.70. The average Bonchev–Trinajstić information content (AvgIpc) is 2.56. The number of nitrogens with zero attached hydrogens (tertiary/aromatic N) is 1. The molecule has 0 saturated heterocycles. The number of carboxylic acid groups (broad SMARTS) is 1. The number of aliphatic carboxylic acids is 1. The number of carbonyl (C=O) groups is 1. The van der Waals surface area contributed by atoms with Gasteiger partial charge < -0.3 is 16.0 Å². The second-order valence-corrected chi connectivity index (χ2v) is 4.49. The molecule has 0 bridgehead atoms. The van der Waals surface area contributed by atoms with Crippen molar-refractivity contribution in [2.24, 2.45) is 5.73 Å². The van der Waals surface area contributed by atoms with E-state index < -0.39 is 12.0 Å². The van der Waals surface area contributed by atoms with Gasteiger partial charge in [0.05, 0.1) is 11.2 Å². The van der Waals surface area contributed by atoms with Crippen molar-refractivity contribution in [3.05, 3.63) is 35.0 Å². The van der Waals surface area contributed by atoms with Gasteiger partial charge in [-0.1, -0.05) is 12.1 Å². The van der Waals surface area contributed by atoms with Gasteiger partial charge in [-0.15, -0.1) is 0 Å². The molecular formula is C13H16N2O3. The first kappa shape index (κ1) is 12.4. The number of hydrogen-bond acceptors (Lipinski definition) is 3. The normalized spacial score (nSPS) is 12.8. The van der Waals surface area contributed by atoms with Crippen molar-refractivity contribution in [1.29, 1.82) is 0 Å². The van der Waals surface area contributed by atoms with E-state index in [0.717, 1.165) is 21.2 Å². The first-order valence-corrected chi connectivity index (χ1v) is 5.70. The summed E-state index contributed by atoms with van der Waals surface area (Å²) in [6, 6.07) is 4.61. The Labute approximate surface area is 104 Å². The highest BCUT2D eigenvalue weighted by atomic mass is 16.5. The summed E-state index contributed by atoms with van der Waals surface area (Å²) in [5.41, 5.74) is 8.68. The number of nitrogens with two attached hydrogens (primary N) is 1. The smallest absolute Gasteiger partial charge is 0.320 e. The lowest BCUT2D eigenvalue weighted by Gasteiger charge is -2.07. The maximum atomic E-state index is 10.8. The Kier molecular flexibility index (Phi) is 3.00. The number of rotatable bonds is 3. The molecular weight excluding hydrogens is 232 g/mol. The summed E-state index contributed by atoms with van der Waals surface area (Å²) in [5, 5.41) is 19.8. The van der Waals surface area contributed by atoms with E-state index in [1.807, 2.05) is 19.1 Å². The summed E-state index contributed by atoms with van der Waals surface area (Å²) < 4.78 is 1.09. The van der Waals surface area contributed by atoms with E-state index in [1.54, 1.807) is 13.0 Å². The molecule has 1 atom stereocenters. The van der Waals surface area contributed by atoms with Crippen LogP contribution in [0.25, 0.3) is 10.9 Å². The number of aryl methyl sites for hydroxylation is 1. The molecule has 0 spiro atoms. The summed E-state index contributed by atoms with van der Waals surface area (Å²) in [7, 11) is 0. The standard InChI is InChI=1S/C13H16N2O3/c1-7-4-3-5-11-12(7)9(8(2)15(11)18)6-10(14)13(16)17/h3-5,10,18H,6,14H2,1-2H3,(H,16,17). The summed E-state index contributed by atoms with van der Waals surface area (Å²) in [6.45, 7) is 3.68. The monoisotopic (exact) mass is 248 g/mol. The maximum Gasteiger partial charge on any atom is 0.320 e. The van der Waals surface area contributed by atoms with E-state index in [0.29, 0.717) is 11.2 Å². The molecule has 1 aromatic heterocycles. The number of benzene rings is 1. The summed E-state index contributed by atoms with van der Waals surface area (Å²) in [4.78, 5) is 10.8. The van der Waals surface area contributed by atoms with Gasteiger partial charge in [0.15, 0.2) is 0 Å². The van der Waals surface area contributed by atoms with Crippen LogP contribution in [0.1, 0.15) is 16.8 Å². The summed E-state index contributed by atoms with van der Waals surface area (Å²) in [5.74, 6) is -1.04. The predicted octanol–water partition coefficient (Wildman–Crippen LogP) is 1.45. The van der Waals surface area contributed by atoms with Crippen LogP contribution in [-0.4, -0.2) is 27.1 Å². The van der Waals surface area contributed by atoms with Gasteiger partial charge in [-0.25, -0.2) is 0 Å². The van der Waals surface area contributed by atoms with Gasteiger partial charge in [0.25, 0.3) is 0 Å². The molecule has 1 heterocycles. The van der Waals surface area contributed by atoms with Crippen molar-refractivity contribution in [2.75, 3.05) is 0 Å². The quantitative estimate of drug-likeness (QED) is 0.717. The zero-order valence-electron chi connectivity index (χ0n) is 10.3. The van der Waals surface area contributed by atoms with Gasteiger partial charge >= 0.3 is 5.97 Å². The molecule has 0 fully saturated rings. The Morgan fingerprint density at radius 3 is 2.72 bits per heavy atom. The molecule has 4 N–H and O–H groups in total. The Morgan fingerprint density at radius 2 is 2.11 bits per heavy atom. The van der Waals surface area contributed by atoms with E-state index in [9.17, 15) is 10.0 Å². The molecule has 0 aliphatic carbocycles. The van der Waals surface area contributed by atoms with E-state index >= 15 is 0 Å². The second-order valence-electron chi connectivity index (χ2n) is 4.49. The van der Waals surface area contributed by atoms with E-state index in [4.69, 9.17) is 10.8 Å². The molecule has 96 valence electrons. The molecule has 0 amide bonds. The van der Waals surface area contributed by atoms with Gasteiger partial charge in [0.2, 0.25) is 0 Å². The van der Waals surface area contributed by atoms with Crippen molar-refractivity contribution in [3.8, 4) is 0 Å². The maximum absolute atomic E-state index is 10.8. The fraction of sp³-hybridized carbons (Fsp3) is 0.308. The Morgan fingerprint density at radius 1 is 1.44 bits per heavy atom. The molecule has 1 aromatic carbocycles. The number of hydrogen-bond donors (Lipinski definition) is 3. The van der Waals surface area contributed by atoms with Crippen molar-refractivity contribution >= 4 is 16.9 Å². The molecule has 2 aromatic rings. The van der Waals surface area contributed by atoms with Crippen LogP contribution >= 0.6 is 0 Å². The molecule has 5 nitrogen and oxygen atoms in total. The van der Waals surface area contributed by atoms with Gasteiger partial charge in [0, 0.05) is 11.8 Å². The fourth-order valence-electron chi connectivity index (χ4n) is 2.27. The number of carboxylic acids is 1. The molecule has 1 unspecified atom stereocenters. The minimum absolute atomic E-state index is 0.204. The molecule has 5 heteroatoms. The Hall–Kier alpha value is -2.01. The highest BCUT2D eigenvalue weighted by Gasteiger charge is 2.20. The zero-order chi connectivity index (χ0) is 13.4. The lowest BCUT2D eigenvalue weighted by atomic mass is 10.0. The van der Waals surface area contributed by atoms with Crippen molar-refractivity contribution in [2.45, 2.75) is 26.3 Å². The van der Waals surface area contributed by atoms with Crippen LogP contribution in [-0.2, 0) is 11.2 Å². The van der Waals surface area contributed by atoms with E-state index in [1.165, 1.54) is 0 Å². The summed E-state index contributed by atoms with van der Waals surface area (Å²) >= 11 is 0. The van der Waals surface area contributed by atoms with Gasteiger partial charge in [-0.05, 0) is 31.0 Å². The van der Waals surface area contributed by atoms with Crippen LogP contribution in [0.15, 0.2) is 18.2 Å². The summed E-state index contributed by atoms with van der Waals surface area (Å²) in [6.07, 6.45) is 0.204. The SMILES string of the molecule is Cc1cccc2c1c(CC(N)C(=O)O)c(C)n2O. The third-order valence-electron chi connectivity index (χ3n) is 3.28. The van der Waals surface area contributed by atoms with Crippen molar-refractivity contribution in [1.82, 2.24) is 4.73 Å². The van der Waals surface area contributed by atoms with Crippen LogP contribution in [0.3, 0.4) is 0 Å². The van der Waals surface area contributed by atoms with Gasteiger partial charge in [-0.3, -0.25) is 4.79 Å². The second kappa shape index (κ2) is 4.34. The largest absolute Gasteiger partial charge is 0.480 e. The third kappa shape index (κ3) is 1.82. The van der Waals surface area contributed by atoms with Crippen LogP contribution < -0.4 is 5.73 Å². The minimum Gasteiger partial charge on any atom is -0.480 e. The van der Waals surface area contributed by atoms with Crippen molar-refractivity contribution in [3.63, 3.8) is 0 Å². The fourth-order valence-corrected chi connectivity index (χ4v) is 2.27. The lowest BCUT2D eigenvalue weighted by Crippen LogP contribution is -2.32. The highest BCUT2D eigenvalue weighted by molar-refractivity contribution is 5.89. The van der Waals surface area contributed by atoms with Crippen LogP contribution in [0.2, 0.25) is 0 Å². The molecule has 2 rings (SSSR count). The molecule has 0 aliphatic rings. The molecule has 0 saturated carbocycles. The van der Waals surface area contributed by atoms with Gasteiger partial charge in [0.1, 0.15) is 6.04 Å². The van der Waals surface area contributed by atoms with Crippen LogP contribution in [0, 0.1) is 13.8 Å². The molecule has 0 aliphatic heterocycles. The predicted molar refractivity (Wildman–Crippen MR) is 67.9 cm³/mol. The number of aromatic nitrogens is 1. The number of fused-ring (bicyclic) bond motifs is 1. The highest BCUT2D eigenvalue weighted by Crippen LogP contribution is 2.28. The van der Waals surface area contributed by atoms with Gasteiger partial charge in [-0.2, -0.15) is 4.73 Å². The lowest BCUT2D eigenvalue weighted by molar-refractivity contribution is -0.138. The Balaban J connectivity index is 2.63. The average molecular weight is 248 g/mol. The van der Waals surface area contributed by atoms with Crippen LogP contribution in [0.4, 0.5) is 0 Å². The third-order valence-corrected chi connectivity index (χ3v) is 3.28. The van der Waals surface area contributed by atoms with E-state index in [-0.39, 0.29) is 6.42 Å². The van der Waals surface area contributed by atoms with Crippen LogP contribution in [0.5, 0.6) is 0 Å². The van der Waals surface area contributed by atoms with Crippen molar-refractivity contribution < 1.29 is 15.1 Å². The molecule has 0 radical (unpaired) electrons. The first-order chi connectivity index (χ1) is 8.43. The zero-order valence-corrected chi connectivity index (χ0v) is 10.3. The molecule has 18 heavy (non-hydrogen) atoms. The Bertz CT molecular complexity index is 616. The minimum atomic E-state index is -1.04. The topological polar surface area (TPSA) is 88.5 Å². The van der Waals surface area contributed by atoms with E-state index in [2.05, 4.69) is 0 Å².